The van der Waals surface area contributed by atoms with Crippen molar-refractivity contribution in [3.8, 4) is 23.7 Å². The fourth-order valence-corrected chi connectivity index (χ4v) is 2.25. The van der Waals surface area contributed by atoms with Gasteiger partial charge in [0.25, 0.3) is 0 Å². The van der Waals surface area contributed by atoms with Gasteiger partial charge in [0.15, 0.2) is 0 Å². The lowest BCUT2D eigenvalue weighted by molar-refractivity contribution is -0.142. The van der Waals surface area contributed by atoms with E-state index in [0.29, 0.717) is 19.4 Å². The maximum Gasteiger partial charge on any atom is 0.407 e. The zero-order valence-electron chi connectivity index (χ0n) is 16.5. The molecule has 0 radical (unpaired) electrons. The van der Waals surface area contributed by atoms with E-state index in [2.05, 4.69) is 34.0 Å². The lowest BCUT2D eigenvalue weighted by Gasteiger charge is -2.06. The normalized spacial score (nSPS) is 9.55. The number of carbonyl (C=O) groups excluding carboxylic acids is 2. The van der Waals surface area contributed by atoms with Crippen molar-refractivity contribution in [1.29, 1.82) is 0 Å². The van der Waals surface area contributed by atoms with Crippen molar-refractivity contribution in [1.82, 2.24) is 10.3 Å². The monoisotopic (exact) mass is 392 g/mol. The first kappa shape index (κ1) is 21.8. The number of nitrogens with one attached hydrogen (secondary N) is 1. The highest BCUT2D eigenvalue weighted by atomic mass is 16.6. The maximum atomic E-state index is 11.5. The lowest BCUT2D eigenvalue weighted by atomic mass is 10.2. The standard InChI is InChI=1S/C23H24N2O4/c1-2-3-14-28-22(26)18-25-23(27)29-15-10-6-4-5-7-11-19-16-20-12-8-9-13-21(20)24-17-19/h8-9,12-13,16-17H,2-3,6,10,14-15,18H2,1H3,(H,25,27). The smallest absolute Gasteiger partial charge is 0.407 e. The first-order valence-electron chi connectivity index (χ1n) is 9.59. The molecule has 0 saturated carbocycles. The predicted octanol–water partition coefficient (Wildman–Crippen LogP) is 3.44. The molecule has 0 aliphatic heterocycles. The molecule has 0 aliphatic rings. The second-order valence-corrected chi connectivity index (χ2v) is 6.14. The summed E-state index contributed by atoms with van der Waals surface area (Å²) in [6.45, 7) is 2.39. The molecule has 0 unspecified atom stereocenters. The van der Waals surface area contributed by atoms with Gasteiger partial charge in [0, 0.05) is 23.6 Å². The molecule has 29 heavy (non-hydrogen) atoms. The van der Waals surface area contributed by atoms with Crippen LogP contribution < -0.4 is 5.32 Å². The Balaban J connectivity index is 1.60. The molecule has 1 amide bonds. The van der Waals surface area contributed by atoms with Gasteiger partial charge in [0.2, 0.25) is 0 Å². The maximum absolute atomic E-state index is 11.5. The summed E-state index contributed by atoms with van der Waals surface area (Å²) >= 11 is 0. The van der Waals surface area contributed by atoms with Gasteiger partial charge in [0.05, 0.1) is 18.7 Å². The van der Waals surface area contributed by atoms with Gasteiger partial charge >= 0.3 is 12.1 Å². The Morgan fingerprint density at radius 1 is 1.10 bits per heavy atom. The summed E-state index contributed by atoms with van der Waals surface area (Å²) in [4.78, 5) is 27.1. The van der Waals surface area contributed by atoms with E-state index >= 15 is 0 Å². The lowest BCUT2D eigenvalue weighted by Crippen LogP contribution is -2.31. The third kappa shape index (κ3) is 8.81. The van der Waals surface area contributed by atoms with Crippen molar-refractivity contribution in [2.75, 3.05) is 19.8 Å². The van der Waals surface area contributed by atoms with Gasteiger partial charge in [-0.05, 0) is 36.8 Å². The topological polar surface area (TPSA) is 77.5 Å². The van der Waals surface area contributed by atoms with Gasteiger partial charge in [-0.25, -0.2) is 4.79 Å². The Kier molecular flexibility index (Phi) is 9.62. The average Bonchev–Trinajstić information content (AvgIpc) is 2.74. The Morgan fingerprint density at radius 3 is 2.79 bits per heavy atom. The summed E-state index contributed by atoms with van der Waals surface area (Å²) in [7, 11) is 0. The van der Waals surface area contributed by atoms with E-state index in [1.807, 2.05) is 37.3 Å². The largest absolute Gasteiger partial charge is 0.464 e. The number of pyridine rings is 1. The van der Waals surface area contributed by atoms with Gasteiger partial charge in [-0.3, -0.25) is 9.78 Å². The van der Waals surface area contributed by atoms with Gasteiger partial charge in [-0.15, -0.1) is 0 Å². The molecule has 0 atom stereocenters. The summed E-state index contributed by atoms with van der Waals surface area (Å²) in [6.07, 6.45) is 3.97. The van der Waals surface area contributed by atoms with Gasteiger partial charge in [0.1, 0.15) is 6.54 Å². The Bertz CT molecular complexity index is 948. The van der Waals surface area contributed by atoms with Crippen LogP contribution in [0.15, 0.2) is 36.5 Å². The minimum atomic E-state index is -0.644. The van der Waals surface area contributed by atoms with Gasteiger partial charge in [-0.2, -0.15) is 0 Å². The number of ether oxygens (including phenoxy) is 2. The average molecular weight is 392 g/mol. The van der Waals surface area contributed by atoms with Crippen LogP contribution in [-0.4, -0.2) is 36.8 Å². The molecule has 0 aliphatic carbocycles. The molecule has 0 fully saturated rings. The van der Waals surface area contributed by atoms with E-state index in [0.717, 1.165) is 29.3 Å². The van der Waals surface area contributed by atoms with E-state index in [-0.39, 0.29) is 13.2 Å². The molecule has 0 bridgehead atoms. The number of carbonyl (C=O) groups is 2. The highest BCUT2D eigenvalue weighted by Gasteiger charge is 2.06. The number of para-hydroxylation sites is 1. The van der Waals surface area contributed by atoms with Gasteiger partial charge < -0.3 is 14.8 Å². The van der Waals surface area contributed by atoms with Crippen molar-refractivity contribution in [2.45, 2.75) is 32.6 Å². The number of fused-ring (bicyclic) bond motifs is 1. The van der Waals surface area contributed by atoms with Crippen LogP contribution in [0.1, 0.15) is 38.2 Å². The van der Waals surface area contributed by atoms with E-state index < -0.39 is 12.1 Å². The van der Waals surface area contributed by atoms with Crippen LogP contribution >= 0.6 is 0 Å². The quantitative estimate of drug-likeness (QED) is 0.423. The highest BCUT2D eigenvalue weighted by Crippen LogP contribution is 2.11. The first-order chi connectivity index (χ1) is 14.2. The van der Waals surface area contributed by atoms with Crippen molar-refractivity contribution in [3.05, 3.63) is 42.1 Å². The molecule has 1 aromatic heterocycles. The molecule has 2 aromatic rings. The van der Waals surface area contributed by atoms with E-state index in [4.69, 9.17) is 9.47 Å². The van der Waals surface area contributed by atoms with Crippen LogP contribution in [-0.2, 0) is 14.3 Å². The number of esters is 1. The van der Waals surface area contributed by atoms with E-state index in [9.17, 15) is 9.59 Å². The molecule has 6 nitrogen and oxygen atoms in total. The molecular formula is C23H24N2O4. The highest BCUT2D eigenvalue weighted by molar-refractivity contribution is 5.79. The van der Waals surface area contributed by atoms with Crippen LogP contribution in [0.3, 0.4) is 0 Å². The van der Waals surface area contributed by atoms with E-state index in [1.165, 1.54) is 0 Å². The third-order valence-corrected chi connectivity index (χ3v) is 3.77. The third-order valence-electron chi connectivity index (χ3n) is 3.77. The zero-order chi connectivity index (χ0) is 20.7. The molecule has 2 rings (SSSR count). The summed E-state index contributed by atoms with van der Waals surface area (Å²) in [6, 6.07) is 9.83. The van der Waals surface area contributed by atoms with Crippen molar-refractivity contribution < 1.29 is 19.1 Å². The molecule has 1 N–H and O–H groups in total. The number of unbranched alkanes of at least 4 members (excludes halogenated alkanes) is 2. The van der Waals surface area contributed by atoms with Crippen LogP contribution in [0.5, 0.6) is 0 Å². The first-order valence-corrected chi connectivity index (χ1v) is 9.59. The summed E-state index contributed by atoms with van der Waals surface area (Å²) in [5, 5.41) is 3.39. The zero-order valence-corrected chi connectivity index (χ0v) is 16.5. The van der Waals surface area contributed by atoms with Crippen LogP contribution in [0.4, 0.5) is 4.79 Å². The second kappa shape index (κ2) is 12.8. The Morgan fingerprint density at radius 2 is 1.93 bits per heavy atom. The van der Waals surface area contributed by atoms with Crippen LogP contribution in [0.2, 0.25) is 0 Å². The molecule has 0 saturated heterocycles. The van der Waals surface area contributed by atoms with E-state index in [1.54, 1.807) is 6.20 Å². The predicted molar refractivity (Wildman–Crippen MR) is 111 cm³/mol. The molecular weight excluding hydrogens is 368 g/mol. The number of alkyl carbamates (subject to hydrolysis) is 1. The number of benzene rings is 1. The second-order valence-electron chi connectivity index (χ2n) is 6.14. The summed E-state index contributed by atoms with van der Waals surface area (Å²) in [5.41, 5.74) is 1.74. The molecule has 6 heteroatoms. The summed E-state index contributed by atoms with van der Waals surface area (Å²) < 4.78 is 9.89. The fraction of sp³-hybridized carbons (Fsp3) is 0.348. The van der Waals surface area contributed by atoms with Crippen molar-refractivity contribution >= 4 is 23.0 Å². The van der Waals surface area contributed by atoms with Gasteiger partial charge in [-0.1, -0.05) is 43.4 Å². The number of rotatable bonds is 8. The number of aromatic nitrogens is 1. The Hall–Kier alpha value is -3.51. The number of hydrogen-bond acceptors (Lipinski definition) is 5. The Labute approximate surface area is 171 Å². The van der Waals surface area contributed by atoms with Crippen LogP contribution in [0.25, 0.3) is 10.9 Å². The molecule has 1 aromatic carbocycles. The number of amides is 1. The molecule has 150 valence electrons. The van der Waals surface area contributed by atoms with Crippen molar-refractivity contribution in [2.24, 2.45) is 0 Å². The number of nitrogens with zero attached hydrogens (tertiary/aromatic N) is 1. The fourth-order valence-electron chi connectivity index (χ4n) is 2.25. The van der Waals surface area contributed by atoms with Crippen LogP contribution in [0, 0.1) is 23.7 Å². The SMILES string of the molecule is CCCCOC(=O)CNC(=O)OCCCC#CC#Cc1cnc2ccccc2c1. The minimum absolute atomic E-state index is 0.193. The summed E-state index contributed by atoms with van der Waals surface area (Å²) in [5.74, 6) is 11.0. The van der Waals surface area contributed by atoms with Crippen molar-refractivity contribution in [3.63, 3.8) is 0 Å². The molecule has 1 heterocycles. The molecule has 0 spiro atoms. The minimum Gasteiger partial charge on any atom is -0.464 e. The number of hydrogen-bond donors (Lipinski definition) is 1.